The molecule has 0 aliphatic rings. The van der Waals surface area contributed by atoms with Crippen molar-refractivity contribution in [3.63, 3.8) is 0 Å². The number of benzene rings is 1. The van der Waals surface area contributed by atoms with Gasteiger partial charge < -0.3 is 5.32 Å². The summed E-state index contributed by atoms with van der Waals surface area (Å²) in [6.07, 6.45) is 4.68. The number of rotatable bonds is 4. The summed E-state index contributed by atoms with van der Waals surface area (Å²) >= 11 is 3.41. The number of carbonyl (C=O) groups is 1. The fourth-order valence-electron chi connectivity index (χ4n) is 1.79. The van der Waals surface area contributed by atoms with Crippen LogP contribution in [-0.2, 0) is 11.2 Å². The number of hydrogen-bond acceptors (Lipinski definition) is 2. The average Bonchev–Trinajstić information content (AvgIpc) is 2.41. The first kappa shape index (κ1) is 13.7. The quantitative estimate of drug-likeness (QED) is 0.933. The molecule has 2 aromatic rings. The second kappa shape index (κ2) is 6.48. The van der Waals surface area contributed by atoms with Crippen molar-refractivity contribution in [2.45, 2.75) is 19.8 Å². The van der Waals surface area contributed by atoms with Gasteiger partial charge in [-0.05, 0) is 54.8 Å². The van der Waals surface area contributed by atoms with Crippen LogP contribution in [0.5, 0.6) is 0 Å². The molecule has 0 atom stereocenters. The normalized spacial score (nSPS) is 10.2. The molecule has 0 aliphatic heterocycles. The highest BCUT2D eigenvalue weighted by Gasteiger charge is 2.05. The van der Waals surface area contributed by atoms with Crippen LogP contribution in [0.2, 0.25) is 0 Å². The van der Waals surface area contributed by atoms with E-state index in [0.717, 1.165) is 27.7 Å². The molecule has 0 saturated heterocycles. The van der Waals surface area contributed by atoms with Gasteiger partial charge in [0.25, 0.3) is 0 Å². The van der Waals surface area contributed by atoms with Crippen LogP contribution in [0.4, 0.5) is 5.69 Å². The number of aryl methyl sites for hydroxylation is 2. The zero-order valence-corrected chi connectivity index (χ0v) is 12.3. The number of hydrogen-bond donors (Lipinski definition) is 1. The van der Waals surface area contributed by atoms with Gasteiger partial charge in [-0.2, -0.15) is 0 Å². The Morgan fingerprint density at radius 2 is 2.00 bits per heavy atom. The summed E-state index contributed by atoms with van der Waals surface area (Å²) in [5, 5.41) is 2.93. The Bertz CT molecular complexity index is 570. The van der Waals surface area contributed by atoms with Gasteiger partial charge in [0.05, 0.1) is 0 Å². The van der Waals surface area contributed by atoms with Crippen molar-refractivity contribution in [2.75, 3.05) is 5.32 Å². The standard InChI is InChI=1S/C15H15BrN2O/c1-11-10-13(16)3-4-14(11)18-15(19)5-2-12-6-8-17-9-7-12/h3-4,6-10H,2,5H2,1H3,(H,18,19). The number of carbonyl (C=O) groups excluding carboxylic acids is 1. The van der Waals surface area contributed by atoms with Crippen molar-refractivity contribution in [3.8, 4) is 0 Å². The van der Waals surface area contributed by atoms with Crippen molar-refractivity contribution in [2.24, 2.45) is 0 Å². The number of amides is 1. The number of nitrogens with one attached hydrogen (secondary N) is 1. The van der Waals surface area contributed by atoms with Crippen LogP contribution in [0.15, 0.2) is 47.2 Å². The molecule has 0 saturated carbocycles. The Kier molecular flexibility index (Phi) is 4.68. The van der Waals surface area contributed by atoms with E-state index in [4.69, 9.17) is 0 Å². The van der Waals surface area contributed by atoms with Crippen LogP contribution in [0.1, 0.15) is 17.5 Å². The minimum absolute atomic E-state index is 0.0298. The molecule has 0 unspecified atom stereocenters. The summed E-state index contributed by atoms with van der Waals surface area (Å²) in [6.45, 7) is 1.98. The fourth-order valence-corrected chi connectivity index (χ4v) is 2.26. The average molecular weight is 319 g/mol. The summed E-state index contributed by atoms with van der Waals surface area (Å²) < 4.78 is 1.01. The van der Waals surface area contributed by atoms with Gasteiger partial charge in [0.1, 0.15) is 0 Å². The van der Waals surface area contributed by atoms with E-state index in [0.29, 0.717) is 6.42 Å². The van der Waals surface area contributed by atoms with E-state index < -0.39 is 0 Å². The zero-order valence-electron chi connectivity index (χ0n) is 10.7. The Hall–Kier alpha value is -1.68. The van der Waals surface area contributed by atoms with Crippen LogP contribution in [0, 0.1) is 6.92 Å². The molecule has 4 heteroatoms. The lowest BCUT2D eigenvalue weighted by Gasteiger charge is -2.08. The molecule has 0 bridgehead atoms. The molecular formula is C15H15BrN2O. The van der Waals surface area contributed by atoms with Crippen LogP contribution >= 0.6 is 15.9 Å². The maximum atomic E-state index is 11.9. The minimum atomic E-state index is 0.0298. The van der Waals surface area contributed by atoms with Gasteiger partial charge in [-0.3, -0.25) is 9.78 Å². The summed E-state index contributed by atoms with van der Waals surface area (Å²) in [6, 6.07) is 9.67. The summed E-state index contributed by atoms with van der Waals surface area (Å²) in [4.78, 5) is 15.8. The number of nitrogens with zero attached hydrogens (tertiary/aromatic N) is 1. The molecule has 1 aromatic heterocycles. The zero-order chi connectivity index (χ0) is 13.7. The summed E-state index contributed by atoms with van der Waals surface area (Å²) in [5.74, 6) is 0.0298. The highest BCUT2D eigenvalue weighted by atomic mass is 79.9. The fraction of sp³-hybridized carbons (Fsp3) is 0.200. The molecule has 0 spiro atoms. The molecule has 3 nitrogen and oxygen atoms in total. The van der Waals surface area contributed by atoms with Crippen molar-refractivity contribution in [3.05, 3.63) is 58.3 Å². The van der Waals surface area contributed by atoms with Gasteiger partial charge in [-0.1, -0.05) is 15.9 Å². The van der Waals surface area contributed by atoms with Gasteiger partial charge >= 0.3 is 0 Å². The number of aromatic nitrogens is 1. The lowest BCUT2D eigenvalue weighted by molar-refractivity contribution is -0.116. The Labute approximate surface area is 121 Å². The maximum Gasteiger partial charge on any atom is 0.224 e. The second-order valence-corrected chi connectivity index (χ2v) is 5.28. The van der Waals surface area contributed by atoms with E-state index in [1.54, 1.807) is 12.4 Å². The molecule has 1 heterocycles. The van der Waals surface area contributed by atoms with E-state index in [1.165, 1.54) is 0 Å². The molecular weight excluding hydrogens is 304 g/mol. The van der Waals surface area contributed by atoms with Crippen LogP contribution in [-0.4, -0.2) is 10.9 Å². The Balaban J connectivity index is 1.91. The van der Waals surface area contributed by atoms with Crippen molar-refractivity contribution in [1.82, 2.24) is 4.98 Å². The molecule has 2 rings (SSSR count). The molecule has 19 heavy (non-hydrogen) atoms. The lowest BCUT2D eigenvalue weighted by atomic mass is 10.1. The molecule has 0 radical (unpaired) electrons. The Morgan fingerprint density at radius 1 is 1.26 bits per heavy atom. The highest BCUT2D eigenvalue weighted by molar-refractivity contribution is 9.10. The third kappa shape index (κ3) is 4.17. The highest BCUT2D eigenvalue weighted by Crippen LogP contribution is 2.20. The summed E-state index contributed by atoms with van der Waals surface area (Å²) in [7, 11) is 0. The van der Waals surface area contributed by atoms with Crippen molar-refractivity contribution < 1.29 is 4.79 Å². The van der Waals surface area contributed by atoms with Gasteiger partial charge in [-0.25, -0.2) is 0 Å². The predicted molar refractivity (Wildman–Crippen MR) is 80.1 cm³/mol. The molecule has 1 N–H and O–H groups in total. The molecule has 1 amide bonds. The van der Waals surface area contributed by atoms with E-state index in [9.17, 15) is 4.79 Å². The van der Waals surface area contributed by atoms with E-state index >= 15 is 0 Å². The van der Waals surface area contributed by atoms with Gasteiger partial charge in [0, 0.05) is 29.0 Å². The van der Waals surface area contributed by atoms with E-state index in [2.05, 4.69) is 26.2 Å². The first-order valence-electron chi connectivity index (χ1n) is 6.10. The van der Waals surface area contributed by atoms with Gasteiger partial charge in [0.2, 0.25) is 5.91 Å². The van der Waals surface area contributed by atoms with Crippen LogP contribution < -0.4 is 5.32 Å². The maximum absolute atomic E-state index is 11.9. The SMILES string of the molecule is Cc1cc(Br)ccc1NC(=O)CCc1ccncc1. The van der Waals surface area contributed by atoms with E-state index in [-0.39, 0.29) is 5.91 Å². The summed E-state index contributed by atoms with van der Waals surface area (Å²) in [5.41, 5.74) is 3.03. The van der Waals surface area contributed by atoms with Crippen LogP contribution in [0.25, 0.3) is 0 Å². The van der Waals surface area contributed by atoms with Gasteiger partial charge in [0.15, 0.2) is 0 Å². The smallest absolute Gasteiger partial charge is 0.224 e. The third-order valence-electron chi connectivity index (χ3n) is 2.85. The molecule has 0 aliphatic carbocycles. The predicted octanol–water partition coefficient (Wildman–Crippen LogP) is 3.72. The van der Waals surface area contributed by atoms with Crippen molar-refractivity contribution >= 4 is 27.5 Å². The monoisotopic (exact) mass is 318 g/mol. The first-order valence-corrected chi connectivity index (χ1v) is 6.89. The number of pyridine rings is 1. The minimum Gasteiger partial charge on any atom is -0.326 e. The number of halogens is 1. The third-order valence-corrected chi connectivity index (χ3v) is 3.35. The molecule has 98 valence electrons. The topological polar surface area (TPSA) is 42.0 Å². The van der Waals surface area contributed by atoms with E-state index in [1.807, 2.05) is 37.3 Å². The molecule has 0 fully saturated rings. The second-order valence-electron chi connectivity index (χ2n) is 4.36. The number of anilines is 1. The first-order chi connectivity index (χ1) is 9.15. The largest absolute Gasteiger partial charge is 0.326 e. The van der Waals surface area contributed by atoms with Crippen LogP contribution in [0.3, 0.4) is 0 Å². The van der Waals surface area contributed by atoms with Gasteiger partial charge in [-0.15, -0.1) is 0 Å². The Morgan fingerprint density at radius 3 is 2.68 bits per heavy atom. The molecule has 1 aromatic carbocycles. The lowest BCUT2D eigenvalue weighted by Crippen LogP contribution is -2.13. The van der Waals surface area contributed by atoms with Crippen molar-refractivity contribution in [1.29, 1.82) is 0 Å².